The van der Waals surface area contributed by atoms with Crippen LogP contribution in [0.2, 0.25) is 0 Å². The Balaban J connectivity index is 2.04. The van der Waals surface area contributed by atoms with Crippen molar-refractivity contribution < 1.29 is 4.79 Å². The lowest BCUT2D eigenvalue weighted by Gasteiger charge is -2.03. The Morgan fingerprint density at radius 2 is 2.23 bits per heavy atom. The predicted molar refractivity (Wildman–Crippen MR) is 52.2 cm³/mol. The second kappa shape index (κ2) is 3.09. The van der Waals surface area contributed by atoms with Crippen LogP contribution in [0.1, 0.15) is 12.8 Å². The van der Waals surface area contributed by atoms with E-state index in [0.29, 0.717) is 5.69 Å². The summed E-state index contributed by atoms with van der Waals surface area (Å²) >= 11 is 0. The summed E-state index contributed by atoms with van der Waals surface area (Å²) < 4.78 is 0. The molecule has 0 radical (unpaired) electrons. The third kappa shape index (κ3) is 1.99. The highest BCUT2D eigenvalue weighted by Crippen LogP contribution is 2.30. The minimum Gasteiger partial charge on any atom is -0.399 e. The number of nitrogens with two attached hydrogens (primary N) is 1. The highest BCUT2D eigenvalue weighted by Gasteiger charge is 2.29. The third-order valence-electron chi connectivity index (χ3n) is 2.10. The molecule has 1 saturated carbocycles. The van der Waals surface area contributed by atoms with E-state index >= 15 is 0 Å². The van der Waals surface area contributed by atoms with Crippen LogP contribution in [-0.4, -0.2) is 5.91 Å². The van der Waals surface area contributed by atoms with Crippen LogP contribution < -0.4 is 11.1 Å². The van der Waals surface area contributed by atoms with E-state index in [9.17, 15) is 4.79 Å². The van der Waals surface area contributed by atoms with Gasteiger partial charge >= 0.3 is 0 Å². The largest absolute Gasteiger partial charge is 0.399 e. The van der Waals surface area contributed by atoms with E-state index < -0.39 is 0 Å². The summed E-state index contributed by atoms with van der Waals surface area (Å²) in [5.74, 6) is 0.354. The lowest BCUT2D eigenvalue weighted by molar-refractivity contribution is -0.117. The van der Waals surface area contributed by atoms with E-state index in [-0.39, 0.29) is 11.8 Å². The van der Waals surface area contributed by atoms with Crippen molar-refractivity contribution in [3.05, 3.63) is 24.3 Å². The van der Waals surface area contributed by atoms with E-state index in [1.165, 1.54) is 0 Å². The summed E-state index contributed by atoms with van der Waals surface area (Å²) in [7, 11) is 0. The SMILES string of the molecule is Nc1cccc(NC(=O)C2CC2)c1. The molecule has 1 aliphatic carbocycles. The maximum atomic E-state index is 11.3. The van der Waals surface area contributed by atoms with Crippen LogP contribution in [-0.2, 0) is 4.79 Å². The zero-order valence-electron chi connectivity index (χ0n) is 7.29. The van der Waals surface area contributed by atoms with E-state index in [1.807, 2.05) is 12.1 Å². The van der Waals surface area contributed by atoms with Crippen LogP contribution >= 0.6 is 0 Å². The number of benzene rings is 1. The molecule has 0 heterocycles. The summed E-state index contributed by atoms with van der Waals surface area (Å²) in [5.41, 5.74) is 7.04. The molecule has 1 aromatic carbocycles. The molecule has 3 N–H and O–H groups in total. The first-order valence-corrected chi connectivity index (χ1v) is 4.42. The van der Waals surface area contributed by atoms with Gasteiger partial charge in [0.1, 0.15) is 0 Å². The van der Waals surface area contributed by atoms with Crippen LogP contribution in [0, 0.1) is 5.92 Å². The van der Waals surface area contributed by atoms with Gasteiger partial charge in [0.25, 0.3) is 0 Å². The molecule has 0 saturated heterocycles. The minimum atomic E-state index is 0.116. The summed E-state index contributed by atoms with van der Waals surface area (Å²) in [6.45, 7) is 0. The van der Waals surface area contributed by atoms with Gasteiger partial charge in [-0.1, -0.05) is 6.07 Å². The zero-order chi connectivity index (χ0) is 9.26. The lowest BCUT2D eigenvalue weighted by Crippen LogP contribution is -2.13. The molecule has 3 heteroatoms. The number of amides is 1. The Hall–Kier alpha value is -1.51. The fourth-order valence-corrected chi connectivity index (χ4v) is 1.21. The molecule has 13 heavy (non-hydrogen) atoms. The zero-order valence-corrected chi connectivity index (χ0v) is 7.29. The first kappa shape index (κ1) is 8.10. The Morgan fingerprint density at radius 3 is 2.85 bits per heavy atom. The molecule has 1 aliphatic rings. The van der Waals surface area contributed by atoms with Gasteiger partial charge in [-0.2, -0.15) is 0 Å². The van der Waals surface area contributed by atoms with Crippen LogP contribution in [0.15, 0.2) is 24.3 Å². The third-order valence-corrected chi connectivity index (χ3v) is 2.10. The van der Waals surface area contributed by atoms with Crippen molar-refractivity contribution in [2.45, 2.75) is 12.8 Å². The van der Waals surface area contributed by atoms with Crippen molar-refractivity contribution in [1.82, 2.24) is 0 Å². The Kier molecular flexibility index (Phi) is 1.93. The van der Waals surface area contributed by atoms with Crippen molar-refractivity contribution in [2.24, 2.45) is 5.92 Å². The monoisotopic (exact) mass is 176 g/mol. The van der Waals surface area contributed by atoms with Gasteiger partial charge in [0.05, 0.1) is 0 Å². The van der Waals surface area contributed by atoms with E-state index in [2.05, 4.69) is 5.32 Å². The number of hydrogen-bond acceptors (Lipinski definition) is 2. The van der Waals surface area contributed by atoms with Gasteiger partial charge < -0.3 is 11.1 Å². The highest BCUT2D eigenvalue weighted by molar-refractivity contribution is 5.94. The second-order valence-electron chi connectivity index (χ2n) is 3.39. The van der Waals surface area contributed by atoms with Crippen molar-refractivity contribution in [1.29, 1.82) is 0 Å². The minimum absolute atomic E-state index is 0.116. The Morgan fingerprint density at radius 1 is 1.46 bits per heavy atom. The number of anilines is 2. The molecule has 0 bridgehead atoms. The van der Waals surface area contributed by atoms with Crippen LogP contribution in [0.25, 0.3) is 0 Å². The number of rotatable bonds is 2. The Labute approximate surface area is 76.9 Å². The average Bonchev–Trinajstić information content (AvgIpc) is 2.85. The first-order valence-electron chi connectivity index (χ1n) is 4.42. The maximum absolute atomic E-state index is 11.3. The molecule has 1 aromatic rings. The van der Waals surface area contributed by atoms with Gasteiger partial charge in [-0.3, -0.25) is 4.79 Å². The summed E-state index contributed by atoms with van der Waals surface area (Å²) in [6.07, 6.45) is 2.04. The standard InChI is InChI=1S/C10H12N2O/c11-8-2-1-3-9(6-8)12-10(13)7-4-5-7/h1-3,6-7H,4-5,11H2,(H,12,13). The normalized spacial score (nSPS) is 15.4. The molecule has 68 valence electrons. The predicted octanol–water partition coefficient (Wildman–Crippen LogP) is 1.62. The number of carbonyl (C=O) groups excluding carboxylic acids is 1. The van der Waals surface area contributed by atoms with Crippen LogP contribution in [0.3, 0.4) is 0 Å². The maximum Gasteiger partial charge on any atom is 0.227 e. The molecule has 0 unspecified atom stereocenters. The van der Waals surface area contributed by atoms with Gasteiger partial charge in [0, 0.05) is 17.3 Å². The molecule has 0 atom stereocenters. The molecule has 3 nitrogen and oxygen atoms in total. The second-order valence-corrected chi connectivity index (χ2v) is 3.39. The Bertz CT molecular complexity index is 331. The van der Waals surface area contributed by atoms with Gasteiger partial charge in [0.15, 0.2) is 0 Å². The fraction of sp³-hybridized carbons (Fsp3) is 0.300. The number of carbonyl (C=O) groups is 1. The van der Waals surface area contributed by atoms with E-state index in [1.54, 1.807) is 12.1 Å². The summed E-state index contributed by atoms with van der Waals surface area (Å²) in [5, 5.41) is 2.83. The topological polar surface area (TPSA) is 55.1 Å². The summed E-state index contributed by atoms with van der Waals surface area (Å²) in [4.78, 5) is 11.3. The lowest BCUT2D eigenvalue weighted by atomic mass is 10.2. The highest BCUT2D eigenvalue weighted by atomic mass is 16.2. The molecule has 0 aliphatic heterocycles. The van der Waals surface area contributed by atoms with Gasteiger partial charge in [-0.25, -0.2) is 0 Å². The molecule has 1 amide bonds. The van der Waals surface area contributed by atoms with Crippen molar-refractivity contribution >= 4 is 17.3 Å². The van der Waals surface area contributed by atoms with Gasteiger partial charge in [0.2, 0.25) is 5.91 Å². The molecular weight excluding hydrogens is 164 g/mol. The molecule has 2 rings (SSSR count). The van der Waals surface area contributed by atoms with Gasteiger partial charge in [-0.15, -0.1) is 0 Å². The van der Waals surface area contributed by atoms with Crippen molar-refractivity contribution in [3.8, 4) is 0 Å². The van der Waals surface area contributed by atoms with Crippen molar-refractivity contribution in [3.63, 3.8) is 0 Å². The smallest absolute Gasteiger partial charge is 0.227 e. The fourth-order valence-electron chi connectivity index (χ4n) is 1.21. The molecule has 0 aromatic heterocycles. The number of hydrogen-bond donors (Lipinski definition) is 2. The average molecular weight is 176 g/mol. The number of nitrogens with one attached hydrogen (secondary N) is 1. The van der Waals surface area contributed by atoms with Crippen molar-refractivity contribution in [2.75, 3.05) is 11.1 Å². The molecule has 1 fully saturated rings. The molecule has 0 spiro atoms. The van der Waals surface area contributed by atoms with E-state index in [4.69, 9.17) is 5.73 Å². The first-order chi connectivity index (χ1) is 6.25. The number of nitrogen functional groups attached to an aromatic ring is 1. The molecular formula is C10H12N2O. The van der Waals surface area contributed by atoms with Crippen LogP contribution in [0.4, 0.5) is 11.4 Å². The summed E-state index contributed by atoms with van der Waals surface area (Å²) in [6, 6.07) is 7.24. The van der Waals surface area contributed by atoms with Gasteiger partial charge in [-0.05, 0) is 31.0 Å². The van der Waals surface area contributed by atoms with Crippen LogP contribution in [0.5, 0.6) is 0 Å². The quantitative estimate of drug-likeness (QED) is 0.673. The van der Waals surface area contributed by atoms with E-state index in [0.717, 1.165) is 18.5 Å².